The molecule has 9 nitrogen and oxygen atoms in total. The number of carboxylic acid groups (broad SMARTS) is 1. The summed E-state index contributed by atoms with van der Waals surface area (Å²) in [6, 6.07) is 0.177. The molecule has 0 fully saturated rings. The van der Waals surface area contributed by atoms with E-state index in [1.54, 1.807) is 12.4 Å². The van der Waals surface area contributed by atoms with Crippen molar-refractivity contribution in [2.24, 2.45) is 0 Å². The van der Waals surface area contributed by atoms with Gasteiger partial charge in [-0.3, -0.25) is 24.5 Å². The van der Waals surface area contributed by atoms with E-state index in [2.05, 4.69) is 20.3 Å². The van der Waals surface area contributed by atoms with E-state index in [0.717, 1.165) is 10.6 Å². The summed E-state index contributed by atoms with van der Waals surface area (Å²) in [5.74, 6) is -0.514. The molecule has 0 amide bonds. The molecular weight excluding hydrogens is 266 g/mol. The first-order chi connectivity index (χ1) is 9.56. The Kier molecular flexibility index (Phi) is 4.11. The first kappa shape index (κ1) is 13.7. The van der Waals surface area contributed by atoms with Crippen molar-refractivity contribution in [3.8, 4) is 0 Å². The number of H-pyrrole nitrogens is 2. The minimum absolute atomic E-state index is 0.106. The van der Waals surface area contributed by atoms with E-state index in [-0.39, 0.29) is 13.1 Å². The number of carboxylic acids is 1. The summed E-state index contributed by atoms with van der Waals surface area (Å²) < 4.78 is 1.12. The Bertz CT molecular complexity index is 687. The van der Waals surface area contributed by atoms with Crippen molar-refractivity contribution in [1.29, 1.82) is 0 Å². The summed E-state index contributed by atoms with van der Waals surface area (Å²) in [5.41, 5.74) is -1.18. The predicted octanol–water partition coefficient (Wildman–Crippen LogP) is -1.50. The van der Waals surface area contributed by atoms with Gasteiger partial charge in [0.1, 0.15) is 11.9 Å². The molecule has 2 aromatic rings. The minimum Gasteiger partial charge on any atom is -0.480 e. The van der Waals surface area contributed by atoms with Gasteiger partial charge in [0.2, 0.25) is 0 Å². The van der Waals surface area contributed by atoms with Gasteiger partial charge in [-0.25, -0.2) is 9.78 Å². The van der Waals surface area contributed by atoms with Gasteiger partial charge < -0.3 is 10.1 Å². The van der Waals surface area contributed by atoms with Crippen molar-refractivity contribution in [3.63, 3.8) is 0 Å². The third-order valence-electron chi connectivity index (χ3n) is 2.64. The van der Waals surface area contributed by atoms with Crippen LogP contribution in [-0.2, 0) is 17.9 Å². The first-order valence-electron chi connectivity index (χ1n) is 5.80. The van der Waals surface area contributed by atoms with Gasteiger partial charge in [0.05, 0.1) is 13.1 Å². The largest absolute Gasteiger partial charge is 0.480 e. The van der Waals surface area contributed by atoms with Crippen molar-refractivity contribution in [2.45, 2.75) is 19.1 Å². The number of imidazole rings is 1. The molecule has 106 valence electrons. The van der Waals surface area contributed by atoms with Crippen LogP contribution < -0.4 is 16.6 Å². The van der Waals surface area contributed by atoms with Crippen LogP contribution in [0.15, 0.2) is 34.2 Å². The maximum absolute atomic E-state index is 11.5. The van der Waals surface area contributed by atoms with Crippen LogP contribution in [0.2, 0.25) is 0 Å². The normalized spacial score (nSPS) is 12.2. The fourth-order valence-corrected chi connectivity index (χ4v) is 1.63. The quantitative estimate of drug-likeness (QED) is 0.509. The Hall–Kier alpha value is -2.68. The van der Waals surface area contributed by atoms with Crippen LogP contribution in [0.3, 0.4) is 0 Å². The molecule has 9 heteroatoms. The third kappa shape index (κ3) is 3.42. The molecule has 0 aromatic carbocycles. The molecule has 0 radical (unpaired) electrons. The zero-order chi connectivity index (χ0) is 14.5. The zero-order valence-corrected chi connectivity index (χ0v) is 10.4. The number of aliphatic carboxylic acids is 1. The second-order valence-corrected chi connectivity index (χ2v) is 4.07. The summed E-state index contributed by atoms with van der Waals surface area (Å²) in [6.07, 6.45) is 4.43. The van der Waals surface area contributed by atoms with Gasteiger partial charge in [0, 0.05) is 24.7 Å². The molecule has 0 bridgehead atoms. The molecule has 1 atom stereocenters. The summed E-state index contributed by atoms with van der Waals surface area (Å²) in [6.45, 7) is 0.119. The van der Waals surface area contributed by atoms with E-state index in [0.29, 0.717) is 5.82 Å². The molecule has 4 N–H and O–H groups in total. The first-order valence-corrected chi connectivity index (χ1v) is 5.80. The van der Waals surface area contributed by atoms with Crippen LogP contribution in [0.5, 0.6) is 0 Å². The van der Waals surface area contributed by atoms with E-state index in [9.17, 15) is 14.4 Å². The van der Waals surface area contributed by atoms with Gasteiger partial charge in [-0.05, 0) is 0 Å². The number of rotatable bonds is 6. The monoisotopic (exact) mass is 279 g/mol. The zero-order valence-electron chi connectivity index (χ0n) is 10.4. The number of hydrogen-bond acceptors (Lipinski definition) is 5. The Morgan fingerprint density at radius 2 is 2.30 bits per heavy atom. The van der Waals surface area contributed by atoms with Crippen LogP contribution in [0, 0.1) is 0 Å². The standard InChI is InChI=1S/C11H13N5O4/c17-9-1-4-16(11(20)15-9)6-7(10(18)19)14-5-8-12-2-3-13-8/h1-4,7,14H,5-6H2,(H,12,13)(H,18,19)(H,15,17,20)/t7-/m0/s1. The molecule has 0 aliphatic carbocycles. The fraction of sp³-hybridized carbons (Fsp3) is 0.273. The number of nitrogens with one attached hydrogen (secondary N) is 3. The van der Waals surface area contributed by atoms with Crippen LogP contribution in [-0.4, -0.2) is 36.6 Å². The summed E-state index contributed by atoms with van der Waals surface area (Å²) in [5, 5.41) is 11.9. The maximum atomic E-state index is 11.5. The molecule has 0 aliphatic rings. The Morgan fingerprint density at radius 1 is 1.50 bits per heavy atom. The van der Waals surface area contributed by atoms with Crippen molar-refractivity contribution >= 4 is 5.97 Å². The van der Waals surface area contributed by atoms with E-state index < -0.39 is 23.3 Å². The molecule has 0 spiro atoms. The number of aromatic amines is 2. The van der Waals surface area contributed by atoms with Crippen LogP contribution >= 0.6 is 0 Å². The van der Waals surface area contributed by atoms with Crippen molar-refractivity contribution in [3.05, 3.63) is 51.3 Å². The topological polar surface area (TPSA) is 133 Å². The van der Waals surface area contributed by atoms with Gasteiger partial charge in [0.25, 0.3) is 5.56 Å². The molecule has 2 heterocycles. The van der Waals surface area contributed by atoms with E-state index in [4.69, 9.17) is 5.11 Å². The molecule has 2 rings (SSSR count). The van der Waals surface area contributed by atoms with Gasteiger partial charge in [-0.1, -0.05) is 0 Å². The van der Waals surface area contributed by atoms with E-state index >= 15 is 0 Å². The Labute approximate surface area is 112 Å². The van der Waals surface area contributed by atoms with Crippen molar-refractivity contribution < 1.29 is 9.90 Å². The third-order valence-corrected chi connectivity index (χ3v) is 2.64. The highest BCUT2D eigenvalue weighted by molar-refractivity contribution is 5.73. The van der Waals surface area contributed by atoms with Gasteiger partial charge in [-0.2, -0.15) is 0 Å². The van der Waals surface area contributed by atoms with Gasteiger partial charge in [0.15, 0.2) is 0 Å². The average molecular weight is 279 g/mol. The lowest BCUT2D eigenvalue weighted by atomic mass is 10.3. The minimum atomic E-state index is -1.10. The summed E-state index contributed by atoms with van der Waals surface area (Å²) in [7, 11) is 0. The highest BCUT2D eigenvalue weighted by Crippen LogP contribution is 1.93. The van der Waals surface area contributed by atoms with Crippen molar-refractivity contribution in [2.75, 3.05) is 0 Å². The second-order valence-electron chi connectivity index (χ2n) is 4.07. The lowest BCUT2D eigenvalue weighted by Crippen LogP contribution is -2.43. The fourth-order valence-electron chi connectivity index (χ4n) is 1.63. The highest BCUT2D eigenvalue weighted by Gasteiger charge is 2.18. The molecule has 0 saturated carbocycles. The number of carbonyl (C=O) groups is 1. The van der Waals surface area contributed by atoms with Crippen LogP contribution in [0.4, 0.5) is 0 Å². The summed E-state index contributed by atoms with van der Waals surface area (Å²) in [4.78, 5) is 42.4. The lowest BCUT2D eigenvalue weighted by Gasteiger charge is -2.14. The Morgan fingerprint density at radius 3 is 2.90 bits per heavy atom. The van der Waals surface area contributed by atoms with Crippen molar-refractivity contribution in [1.82, 2.24) is 24.8 Å². The highest BCUT2D eigenvalue weighted by atomic mass is 16.4. The molecule has 0 unspecified atom stereocenters. The van der Waals surface area contributed by atoms with Crippen LogP contribution in [0.25, 0.3) is 0 Å². The average Bonchev–Trinajstić information content (AvgIpc) is 2.89. The molecular formula is C11H13N5O4. The lowest BCUT2D eigenvalue weighted by molar-refractivity contribution is -0.139. The number of aromatic nitrogens is 4. The molecule has 20 heavy (non-hydrogen) atoms. The Balaban J connectivity index is 2.07. The molecule has 0 aliphatic heterocycles. The summed E-state index contributed by atoms with van der Waals surface area (Å²) >= 11 is 0. The predicted molar refractivity (Wildman–Crippen MR) is 68.2 cm³/mol. The van der Waals surface area contributed by atoms with Gasteiger partial charge >= 0.3 is 11.7 Å². The van der Waals surface area contributed by atoms with Gasteiger partial charge in [-0.15, -0.1) is 0 Å². The second kappa shape index (κ2) is 5.97. The SMILES string of the molecule is O=C(O)[C@H](Cn1ccc(=O)[nH]c1=O)NCc1ncc[nH]1. The maximum Gasteiger partial charge on any atom is 0.328 e. The molecule has 0 saturated heterocycles. The molecule has 2 aromatic heterocycles. The van der Waals surface area contributed by atoms with E-state index in [1.165, 1.54) is 6.20 Å². The number of nitrogens with zero attached hydrogens (tertiary/aromatic N) is 2. The van der Waals surface area contributed by atoms with E-state index in [1.807, 2.05) is 0 Å². The van der Waals surface area contributed by atoms with Crippen LogP contribution in [0.1, 0.15) is 5.82 Å². The number of hydrogen-bond donors (Lipinski definition) is 4. The smallest absolute Gasteiger partial charge is 0.328 e.